The third-order valence-corrected chi connectivity index (χ3v) is 4.64. The first-order valence-corrected chi connectivity index (χ1v) is 7.27. The molecule has 104 valence electrons. The second-order valence-corrected chi connectivity index (χ2v) is 5.82. The lowest BCUT2D eigenvalue weighted by atomic mass is 9.99. The van der Waals surface area contributed by atoms with Crippen molar-refractivity contribution >= 4 is 17.3 Å². The standard InChI is InChI=1S/C13H19ClN4O/c1-17-13(19)12(14)10(8-15-17)16-9-5-7-18-6-3-2-4-11(9)18/h8-9,11,16H,2-7H2,1H3. The summed E-state index contributed by atoms with van der Waals surface area (Å²) in [5.74, 6) is 0. The molecule has 2 aliphatic heterocycles. The Morgan fingerprint density at radius 1 is 1.37 bits per heavy atom. The molecule has 2 unspecified atom stereocenters. The zero-order chi connectivity index (χ0) is 13.4. The Kier molecular flexibility index (Phi) is 3.50. The molecule has 1 N–H and O–H groups in total. The molecule has 0 saturated carbocycles. The molecule has 0 radical (unpaired) electrons. The van der Waals surface area contributed by atoms with Gasteiger partial charge >= 0.3 is 0 Å². The quantitative estimate of drug-likeness (QED) is 0.893. The van der Waals surface area contributed by atoms with Gasteiger partial charge < -0.3 is 5.32 Å². The maximum Gasteiger partial charge on any atom is 0.287 e. The van der Waals surface area contributed by atoms with Crippen molar-refractivity contribution in [1.82, 2.24) is 14.7 Å². The lowest BCUT2D eigenvalue weighted by molar-refractivity contribution is 0.193. The first-order valence-electron chi connectivity index (χ1n) is 6.89. The SMILES string of the molecule is Cn1ncc(NC2CCN3CCCCC23)c(Cl)c1=O. The number of aryl methyl sites for hydroxylation is 1. The largest absolute Gasteiger partial charge is 0.378 e. The Hall–Kier alpha value is -1.07. The maximum atomic E-state index is 11.8. The minimum atomic E-state index is -0.245. The van der Waals surface area contributed by atoms with Gasteiger partial charge in [-0.1, -0.05) is 18.0 Å². The van der Waals surface area contributed by atoms with Crippen LogP contribution >= 0.6 is 11.6 Å². The zero-order valence-electron chi connectivity index (χ0n) is 11.1. The number of aromatic nitrogens is 2. The topological polar surface area (TPSA) is 50.2 Å². The van der Waals surface area contributed by atoms with Gasteiger partial charge in [0, 0.05) is 25.7 Å². The summed E-state index contributed by atoms with van der Waals surface area (Å²) in [7, 11) is 1.61. The second-order valence-electron chi connectivity index (χ2n) is 5.44. The maximum absolute atomic E-state index is 11.8. The molecule has 2 atom stereocenters. The number of piperidine rings is 1. The van der Waals surface area contributed by atoms with E-state index in [1.54, 1.807) is 13.2 Å². The lowest BCUT2D eigenvalue weighted by Crippen LogP contribution is -2.42. The zero-order valence-corrected chi connectivity index (χ0v) is 11.9. The molecule has 0 amide bonds. The van der Waals surface area contributed by atoms with Crippen LogP contribution in [-0.2, 0) is 7.05 Å². The van der Waals surface area contributed by atoms with Crippen LogP contribution in [0.15, 0.2) is 11.0 Å². The van der Waals surface area contributed by atoms with E-state index in [0.29, 0.717) is 17.8 Å². The summed E-state index contributed by atoms with van der Waals surface area (Å²) in [6.45, 7) is 2.34. The van der Waals surface area contributed by atoms with E-state index in [1.807, 2.05) is 0 Å². The van der Waals surface area contributed by atoms with Crippen molar-refractivity contribution in [2.45, 2.75) is 37.8 Å². The Morgan fingerprint density at radius 2 is 2.21 bits per heavy atom. The van der Waals surface area contributed by atoms with E-state index < -0.39 is 0 Å². The van der Waals surface area contributed by atoms with Crippen molar-refractivity contribution in [3.05, 3.63) is 21.6 Å². The van der Waals surface area contributed by atoms with E-state index >= 15 is 0 Å². The molecule has 2 saturated heterocycles. The predicted molar refractivity (Wildman–Crippen MR) is 75.7 cm³/mol. The number of halogens is 1. The van der Waals surface area contributed by atoms with Gasteiger partial charge in [-0.25, -0.2) is 4.68 Å². The molecule has 19 heavy (non-hydrogen) atoms. The number of nitrogens with one attached hydrogen (secondary N) is 1. The third kappa shape index (κ3) is 2.37. The second kappa shape index (κ2) is 5.13. The average molecular weight is 283 g/mol. The van der Waals surface area contributed by atoms with E-state index in [1.165, 1.54) is 30.5 Å². The van der Waals surface area contributed by atoms with Crippen LogP contribution in [0.1, 0.15) is 25.7 Å². The molecule has 0 aliphatic carbocycles. The molecule has 3 heterocycles. The summed E-state index contributed by atoms with van der Waals surface area (Å²) in [5.41, 5.74) is 0.423. The third-order valence-electron chi connectivity index (χ3n) is 4.28. The van der Waals surface area contributed by atoms with Crippen LogP contribution in [0.3, 0.4) is 0 Å². The van der Waals surface area contributed by atoms with Gasteiger partial charge in [-0.2, -0.15) is 5.10 Å². The number of rotatable bonds is 2. The normalized spacial score (nSPS) is 27.3. The lowest BCUT2D eigenvalue weighted by Gasteiger charge is -2.33. The van der Waals surface area contributed by atoms with Gasteiger partial charge in [0.1, 0.15) is 5.02 Å². The summed E-state index contributed by atoms with van der Waals surface area (Å²) < 4.78 is 1.26. The van der Waals surface area contributed by atoms with Crippen LogP contribution in [0.25, 0.3) is 0 Å². The number of fused-ring (bicyclic) bond motifs is 1. The van der Waals surface area contributed by atoms with Crippen LogP contribution in [0, 0.1) is 0 Å². The molecule has 3 rings (SSSR count). The number of hydrogen-bond acceptors (Lipinski definition) is 4. The molecule has 0 aromatic carbocycles. The Bertz CT molecular complexity index is 530. The van der Waals surface area contributed by atoms with Crippen LogP contribution in [0.4, 0.5) is 5.69 Å². The molecule has 2 fully saturated rings. The highest BCUT2D eigenvalue weighted by molar-refractivity contribution is 6.32. The summed E-state index contributed by atoms with van der Waals surface area (Å²) in [5, 5.41) is 7.70. The number of anilines is 1. The van der Waals surface area contributed by atoms with E-state index in [0.717, 1.165) is 13.0 Å². The fourth-order valence-electron chi connectivity index (χ4n) is 3.23. The molecule has 0 spiro atoms. The first-order chi connectivity index (χ1) is 9.16. The summed E-state index contributed by atoms with van der Waals surface area (Å²) >= 11 is 6.10. The van der Waals surface area contributed by atoms with E-state index in [2.05, 4.69) is 15.3 Å². The van der Waals surface area contributed by atoms with Gasteiger partial charge in [-0.15, -0.1) is 0 Å². The van der Waals surface area contributed by atoms with Crippen molar-refractivity contribution in [3.63, 3.8) is 0 Å². The van der Waals surface area contributed by atoms with Crippen molar-refractivity contribution in [1.29, 1.82) is 0 Å². The molecule has 1 aromatic rings. The highest BCUT2D eigenvalue weighted by Crippen LogP contribution is 2.30. The van der Waals surface area contributed by atoms with E-state index in [-0.39, 0.29) is 10.6 Å². The fraction of sp³-hybridized carbons (Fsp3) is 0.692. The highest BCUT2D eigenvalue weighted by atomic mass is 35.5. The highest BCUT2D eigenvalue weighted by Gasteiger charge is 2.35. The van der Waals surface area contributed by atoms with Gasteiger partial charge in [0.2, 0.25) is 0 Å². The van der Waals surface area contributed by atoms with Gasteiger partial charge in [0.25, 0.3) is 5.56 Å². The first kappa shape index (κ1) is 12.9. The molecule has 1 aromatic heterocycles. The van der Waals surface area contributed by atoms with Crippen molar-refractivity contribution in [2.24, 2.45) is 7.05 Å². The predicted octanol–water partition coefficient (Wildman–Crippen LogP) is 1.47. The minimum Gasteiger partial charge on any atom is -0.378 e. The molecular weight excluding hydrogens is 264 g/mol. The molecule has 2 aliphatic rings. The molecule has 5 nitrogen and oxygen atoms in total. The van der Waals surface area contributed by atoms with Crippen molar-refractivity contribution in [3.8, 4) is 0 Å². The molecule has 0 bridgehead atoms. The van der Waals surface area contributed by atoms with Crippen LogP contribution in [-0.4, -0.2) is 39.9 Å². The minimum absolute atomic E-state index is 0.242. The Balaban J connectivity index is 1.79. The van der Waals surface area contributed by atoms with Gasteiger partial charge in [-0.3, -0.25) is 9.69 Å². The van der Waals surface area contributed by atoms with Crippen LogP contribution in [0.2, 0.25) is 5.02 Å². The number of nitrogens with zero attached hydrogens (tertiary/aromatic N) is 3. The van der Waals surface area contributed by atoms with E-state index in [9.17, 15) is 4.79 Å². The number of hydrogen-bond donors (Lipinski definition) is 1. The fourth-order valence-corrected chi connectivity index (χ4v) is 3.45. The summed E-state index contributed by atoms with van der Waals surface area (Å²) in [6, 6.07) is 0.959. The molecule has 6 heteroatoms. The van der Waals surface area contributed by atoms with Crippen LogP contribution < -0.4 is 10.9 Å². The molecular formula is C13H19ClN4O. The summed E-state index contributed by atoms with van der Waals surface area (Å²) in [6.07, 6.45) is 6.58. The summed E-state index contributed by atoms with van der Waals surface area (Å²) in [4.78, 5) is 14.3. The van der Waals surface area contributed by atoms with Gasteiger partial charge in [0.05, 0.1) is 11.9 Å². The van der Waals surface area contributed by atoms with Crippen molar-refractivity contribution < 1.29 is 0 Å². The van der Waals surface area contributed by atoms with Crippen LogP contribution in [0.5, 0.6) is 0 Å². The van der Waals surface area contributed by atoms with Gasteiger partial charge in [0.15, 0.2) is 0 Å². The van der Waals surface area contributed by atoms with E-state index in [4.69, 9.17) is 11.6 Å². The average Bonchev–Trinajstić information content (AvgIpc) is 2.83. The Morgan fingerprint density at radius 3 is 3.05 bits per heavy atom. The smallest absolute Gasteiger partial charge is 0.287 e. The van der Waals surface area contributed by atoms with Gasteiger partial charge in [-0.05, 0) is 25.8 Å². The monoisotopic (exact) mass is 282 g/mol. The Labute approximate surface area is 117 Å². The van der Waals surface area contributed by atoms with Crippen molar-refractivity contribution in [2.75, 3.05) is 18.4 Å².